The third kappa shape index (κ3) is 1.01. The number of hydrogen-bond donors (Lipinski definition) is 1. The van der Waals surface area contributed by atoms with Gasteiger partial charge >= 0.3 is 0 Å². The lowest BCUT2D eigenvalue weighted by molar-refractivity contribution is 0.563. The molecule has 3 aliphatic rings. The van der Waals surface area contributed by atoms with E-state index in [1.165, 1.54) is 13.0 Å². The van der Waals surface area contributed by atoms with Gasteiger partial charge in [0.15, 0.2) is 0 Å². The summed E-state index contributed by atoms with van der Waals surface area (Å²) in [5, 5.41) is 3.44. The first kappa shape index (κ1) is 6.47. The Bertz CT molecular complexity index is 174. The summed E-state index contributed by atoms with van der Waals surface area (Å²) < 4.78 is 0. The Hall–Kier alpha value is -0.0400. The van der Waals surface area contributed by atoms with Crippen LogP contribution in [0.15, 0.2) is 0 Å². The molecule has 5 unspecified atom stereocenters. The molecule has 0 amide bonds. The van der Waals surface area contributed by atoms with Crippen molar-refractivity contribution in [1.82, 2.24) is 5.32 Å². The Balaban J connectivity index is 1.52. The van der Waals surface area contributed by atoms with Crippen LogP contribution in [-0.4, -0.2) is 12.6 Å². The third-order valence-electron chi connectivity index (χ3n) is 3.90. The predicted molar refractivity (Wildman–Crippen MR) is 45.3 cm³/mol. The van der Waals surface area contributed by atoms with Crippen LogP contribution in [0.25, 0.3) is 0 Å². The van der Waals surface area contributed by atoms with Gasteiger partial charge in [-0.05, 0) is 36.5 Å². The van der Waals surface area contributed by atoms with Gasteiger partial charge in [-0.15, -0.1) is 0 Å². The van der Waals surface area contributed by atoms with Crippen LogP contribution in [0.4, 0.5) is 0 Å². The van der Waals surface area contributed by atoms with Gasteiger partial charge in [-0.25, -0.2) is 0 Å². The Labute approximate surface area is 68.6 Å². The van der Waals surface area contributed by atoms with Gasteiger partial charge in [-0.1, -0.05) is 13.3 Å². The van der Waals surface area contributed by atoms with E-state index < -0.39 is 0 Å². The molecule has 2 saturated carbocycles. The van der Waals surface area contributed by atoms with E-state index >= 15 is 0 Å². The summed E-state index contributed by atoms with van der Waals surface area (Å²) in [5.74, 6) is 4.55. The van der Waals surface area contributed by atoms with Crippen molar-refractivity contribution in [3.63, 3.8) is 0 Å². The summed E-state index contributed by atoms with van der Waals surface area (Å²) in [6, 6.07) is 0.957. The molecule has 1 N–H and O–H groups in total. The molecular formula is C10H17N. The molecule has 0 bridgehead atoms. The average molecular weight is 151 g/mol. The number of hydrogen-bond acceptors (Lipinski definition) is 1. The highest BCUT2D eigenvalue weighted by Crippen LogP contribution is 2.60. The number of nitrogens with one attached hydrogen (secondary N) is 1. The smallest absolute Gasteiger partial charge is 0.0224 e. The van der Waals surface area contributed by atoms with Crippen molar-refractivity contribution < 1.29 is 0 Å². The van der Waals surface area contributed by atoms with Gasteiger partial charge in [0.1, 0.15) is 0 Å². The Morgan fingerprint density at radius 3 is 2.55 bits per heavy atom. The van der Waals surface area contributed by atoms with Crippen LogP contribution >= 0.6 is 0 Å². The highest BCUT2D eigenvalue weighted by molar-refractivity contribution is 5.09. The highest BCUT2D eigenvalue weighted by Gasteiger charge is 2.56. The average Bonchev–Trinajstić information content (AvgIpc) is 2.83. The molecule has 0 radical (unpaired) electrons. The molecule has 62 valence electrons. The Morgan fingerprint density at radius 2 is 2.00 bits per heavy atom. The van der Waals surface area contributed by atoms with Crippen LogP contribution in [0.2, 0.25) is 0 Å². The zero-order chi connectivity index (χ0) is 7.42. The third-order valence-corrected chi connectivity index (χ3v) is 3.90. The molecule has 5 atom stereocenters. The molecule has 0 spiro atoms. The summed E-state index contributed by atoms with van der Waals surface area (Å²) in [6.07, 6.45) is 4.55. The minimum absolute atomic E-state index is 0.957. The molecule has 1 saturated heterocycles. The zero-order valence-corrected chi connectivity index (χ0v) is 7.22. The number of rotatable bonds is 3. The second kappa shape index (κ2) is 2.01. The maximum Gasteiger partial charge on any atom is 0.0224 e. The summed E-state index contributed by atoms with van der Waals surface area (Å²) in [7, 11) is 0. The van der Waals surface area contributed by atoms with Crippen molar-refractivity contribution in [3.8, 4) is 0 Å². The molecular weight excluding hydrogens is 134 g/mol. The lowest BCUT2D eigenvalue weighted by Gasteiger charge is -1.93. The van der Waals surface area contributed by atoms with E-state index in [-0.39, 0.29) is 0 Å². The van der Waals surface area contributed by atoms with Gasteiger partial charge in [-0.2, -0.15) is 0 Å². The molecule has 11 heavy (non-hydrogen) atoms. The molecule has 2 aliphatic carbocycles. The minimum atomic E-state index is 0.957. The molecule has 1 aliphatic heterocycles. The Kier molecular flexibility index (Phi) is 1.18. The molecule has 0 aromatic carbocycles. The molecule has 0 aromatic rings. The SMILES string of the molecule is CCC1CC1C1CC1C1CN1. The van der Waals surface area contributed by atoms with Gasteiger partial charge in [0.05, 0.1) is 0 Å². The lowest BCUT2D eigenvalue weighted by Crippen LogP contribution is -1.97. The second-order valence-electron chi connectivity index (χ2n) is 4.65. The molecule has 1 heterocycles. The summed E-state index contributed by atoms with van der Waals surface area (Å²) >= 11 is 0. The fourth-order valence-electron chi connectivity index (χ4n) is 2.83. The first-order valence-electron chi connectivity index (χ1n) is 5.13. The topological polar surface area (TPSA) is 21.9 Å². The van der Waals surface area contributed by atoms with E-state index in [1.54, 1.807) is 12.8 Å². The van der Waals surface area contributed by atoms with E-state index in [9.17, 15) is 0 Å². The fraction of sp³-hybridized carbons (Fsp3) is 1.00. The largest absolute Gasteiger partial charge is 0.311 e. The molecule has 3 fully saturated rings. The van der Waals surface area contributed by atoms with Crippen molar-refractivity contribution in [2.75, 3.05) is 6.54 Å². The maximum atomic E-state index is 3.44. The van der Waals surface area contributed by atoms with Crippen molar-refractivity contribution in [2.45, 2.75) is 32.2 Å². The quantitative estimate of drug-likeness (QED) is 0.608. The molecule has 0 aromatic heterocycles. The van der Waals surface area contributed by atoms with Gasteiger partial charge in [-0.3, -0.25) is 0 Å². The highest BCUT2D eigenvalue weighted by atomic mass is 15.1. The van der Waals surface area contributed by atoms with Crippen LogP contribution in [0, 0.1) is 23.7 Å². The standard InChI is InChI=1S/C10H17N/c1-2-6-3-7(6)8-4-9(8)10-5-11-10/h6-11H,2-5H2,1H3. The van der Waals surface area contributed by atoms with Gasteiger partial charge in [0.2, 0.25) is 0 Å². The van der Waals surface area contributed by atoms with Crippen LogP contribution < -0.4 is 5.32 Å². The van der Waals surface area contributed by atoms with E-state index in [2.05, 4.69) is 12.2 Å². The van der Waals surface area contributed by atoms with Gasteiger partial charge < -0.3 is 5.32 Å². The van der Waals surface area contributed by atoms with Crippen molar-refractivity contribution >= 4 is 0 Å². The van der Waals surface area contributed by atoms with Gasteiger partial charge in [0.25, 0.3) is 0 Å². The fourth-order valence-corrected chi connectivity index (χ4v) is 2.83. The van der Waals surface area contributed by atoms with Gasteiger partial charge in [0, 0.05) is 12.6 Å². The predicted octanol–water partition coefficient (Wildman–Crippen LogP) is 1.64. The second-order valence-corrected chi connectivity index (χ2v) is 4.65. The van der Waals surface area contributed by atoms with E-state index in [4.69, 9.17) is 0 Å². The first-order valence-corrected chi connectivity index (χ1v) is 5.13. The van der Waals surface area contributed by atoms with Crippen LogP contribution in [-0.2, 0) is 0 Å². The summed E-state index contributed by atoms with van der Waals surface area (Å²) in [6.45, 7) is 3.67. The summed E-state index contributed by atoms with van der Waals surface area (Å²) in [4.78, 5) is 0. The minimum Gasteiger partial charge on any atom is -0.311 e. The molecule has 1 nitrogen and oxygen atoms in total. The molecule has 3 rings (SSSR count). The lowest BCUT2D eigenvalue weighted by atomic mass is 10.1. The monoisotopic (exact) mass is 151 g/mol. The van der Waals surface area contributed by atoms with Crippen LogP contribution in [0.5, 0.6) is 0 Å². The van der Waals surface area contributed by atoms with Crippen LogP contribution in [0.1, 0.15) is 26.2 Å². The van der Waals surface area contributed by atoms with E-state index in [1.807, 2.05) is 0 Å². The Morgan fingerprint density at radius 1 is 1.18 bits per heavy atom. The maximum absolute atomic E-state index is 3.44. The van der Waals surface area contributed by atoms with E-state index in [0.717, 1.165) is 29.7 Å². The zero-order valence-electron chi connectivity index (χ0n) is 7.22. The van der Waals surface area contributed by atoms with Crippen molar-refractivity contribution in [2.24, 2.45) is 23.7 Å². The van der Waals surface area contributed by atoms with Crippen molar-refractivity contribution in [3.05, 3.63) is 0 Å². The van der Waals surface area contributed by atoms with Crippen LogP contribution in [0.3, 0.4) is 0 Å². The van der Waals surface area contributed by atoms with Crippen molar-refractivity contribution in [1.29, 1.82) is 0 Å². The summed E-state index contributed by atoms with van der Waals surface area (Å²) in [5.41, 5.74) is 0. The van der Waals surface area contributed by atoms with E-state index in [0.29, 0.717) is 0 Å². The normalized spacial score (nSPS) is 59.2. The first-order chi connectivity index (χ1) is 5.40. The molecule has 1 heteroatoms.